The van der Waals surface area contributed by atoms with E-state index >= 15 is 0 Å². The summed E-state index contributed by atoms with van der Waals surface area (Å²) in [6, 6.07) is 0. The highest BCUT2D eigenvalue weighted by Crippen LogP contribution is 2.24. The zero-order valence-electron chi connectivity index (χ0n) is 34.1. The lowest BCUT2D eigenvalue weighted by atomic mass is 10.0. The topological polar surface area (TPSA) is 168 Å². The Morgan fingerprint density at radius 3 is 0.982 bits per heavy atom. The molecule has 0 fully saturated rings. The van der Waals surface area contributed by atoms with Gasteiger partial charge in [-0.1, -0.05) is 0 Å². The quantitative estimate of drug-likeness (QED) is 0.0868. The van der Waals surface area contributed by atoms with E-state index in [1.807, 2.05) is 27.7 Å². The minimum atomic E-state index is -0.263. The first-order valence-corrected chi connectivity index (χ1v) is 19.8. The van der Waals surface area contributed by atoms with Crippen LogP contribution in [-0.2, 0) is 63.8 Å². The third-order valence-corrected chi connectivity index (χ3v) is 10.5. The molecule has 4 N–H and O–H groups in total. The second kappa shape index (κ2) is 18.9. The van der Waals surface area contributed by atoms with Gasteiger partial charge >= 0.3 is 23.9 Å². The van der Waals surface area contributed by atoms with Crippen LogP contribution in [0, 0.1) is 27.7 Å². The number of esters is 4. The molecule has 0 saturated carbocycles. The summed E-state index contributed by atoms with van der Waals surface area (Å²) in [5.41, 5.74) is 11.3. The number of rotatable bonds is 16. The normalized spacial score (nSPS) is 11.9. The molecule has 4 aromatic rings. The van der Waals surface area contributed by atoms with Gasteiger partial charge < -0.3 is 38.9 Å². The summed E-state index contributed by atoms with van der Waals surface area (Å²) in [7, 11) is 0. The molecule has 0 atom stereocenters. The first-order valence-electron chi connectivity index (χ1n) is 19.8. The van der Waals surface area contributed by atoms with Crippen molar-refractivity contribution in [2.75, 3.05) is 26.4 Å². The first kappa shape index (κ1) is 41.6. The summed E-state index contributed by atoms with van der Waals surface area (Å²) in [5, 5.41) is 3.42. The van der Waals surface area contributed by atoms with Crippen molar-refractivity contribution < 1.29 is 38.1 Å². The van der Waals surface area contributed by atoms with Gasteiger partial charge in [0, 0.05) is 69.9 Å². The van der Waals surface area contributed by atoms with Gasteiger partial charge in [-0.25, -0.2) is 0 Å². The molecular weight excluding hydrogens is 713 g/mol. The number of aromatic amines is 4. The van der Waals surface area contributed by atoms with E-state index in [0.717, 1.165) is 88.7 Å². The van der Waals surface area contributed by atoms with Gasteiger partial charge in [0.2, 0.25) is 0 Å². The summed E-state index contributed by atoms with van der Waals surface area (Å²) in [5.74, 6) is -1.05. The number of ether oxygens (including phenoxy) is 4. The number of fused-ring (bicyclic) bond motifs is 8. The smallest absolute Gasteiger partial charge is 0.306 e. The lowest BCUT2D eigenvalue weighted by Gasteiger charge is -2.04. The predicted octanol–water partition coefficient (Wildman–Crippen LogP) is 3.84. The van der Waals surface area contributed by atoms with Crippen LogP contribution in [0.4, 0.5) is 0 Å². The second-order valence-corrected chi connectivity index (χ2v) is 14.0. The van der Waals surface area contributed by atoms with E-state index in [0.29, 0.717) is 52.1 Å². The fourth-order valence-electron chi connectivity index (χ4n) is 7.49. The molecule has 1 aliphatic heterocycles. The van der Waals surface area contributed by atoms with E-state index < -0.39 is 0 Å². The van der Waals surface area contributed by atoms with Gasteiger partial charge in [-0.05, 0) is 150 Å². The number of aromatic nitrogens is 4. The molecule has 1 aliphatic rings. The minimum Gasteiger partial charge on any atom is -0.466 e. The molecule has 0 radical (unpaired) electrons. The Morgan fingerprint density at radius 1 is 0.393 bits per heavy atom. The van der Waals surface area contributed by atoms with Gasteiger partial charge in [0.05, 0.1) is 26.4 Å². The van der Waals surface area contributed by atoms with Gasteiger partial charge in [0.25, 0.3) is 0 Å². The second-order valence-electron chi connectivity index (χ2n) is 14.0. The summed E-state index contributed by atoms with van der Waals surface area (Å²) in [6.07, 6.45) is 11.0. The fourth-order valence-corrected chi connectivity index (χ4v) is 7.49. The zero-order chi connectivity index (χ0) is 40.5. The number of H-pyrrole nitrogens is 4. The molecule has 4 aromatic heterocycles. The van der Waals surface area contributed by atoms with Crippen LogP contribution in [0.3, 0.4) is 0 Å². The number of hydrogen-bond acceptors (Lipinski definition) is 8. The van der Waals surface area contributed by atoms with E-state index in [-0.39, 0.29) is 49.6 Å². The molecule has 0 amide bonds. The van der Waals surface area contributed by atoms with Gasteiger partial charge in [0.1, 0.15) is 0 Å². The molecule has 56 heavy (non-hydrogen) atoms. The maximum absolute atomic E-state index is 12.6. The van der Waals surface area contributed by atoms with Crippen molar-refractivity contribution in [1.29, 1.82) is 0 Å². The standard InChI is InChI=1S/C44H56N4O8/c1-9-53-41(49)17-13-29-25(5)33-22-38-31(15-19-43(51)55-11-3)27(7)35(47-38)24-40-32(16-20-44(52)56-12-4)28(8)36(48-40)23-39-30(14-18-42(50)54-10-2)26(6)34(46-39)21-37(29)45-33/h21-24,45-48H,9-20H2,1-8H3. The van der Waals surface area contributed by atoms with Crippen LogP contribution in [0.25, 0.3) is 24.3 Å². The highest BCUT2D eigenvalue weighted by molar-refractivity contribution is 5.73. The monoisotopic (exact) mass is 768 g/mol. The average Bonchev–Trinajstić information content (AvgIpc) is 3.81. The van der Waals surface area contributed by atoms with Gasteiger partial charge in [-0.3, -0.25) is 19.2 Å². The van der Waals surface area contributed by atoms with Crippen molar-refractivity contribution in [2.24, 2.45) is 0 Å². The number of nitrogens with one attached hydrogen (secondary N) is 4. The summed E-state index contributed by atoms with van der Waals surface area (Å²) in [6.45, 7) is 16.6. The minimum absolute atomic E-state index is 0.221. The van der Waals surface area contributed by atoms with Crippen molar-refractivity contribution in [2.45, 2.75) is 107 Å². The van der Waals surface area contributed by atoms with Gasteiger partial charge in [-0.15, -0.1) is 0 Å². The van der Waals surface area contributed by atoms with Crippen LogP contribution in [0.15, 0.2) is 0 Å². The van der Waals surface area contributed by atoms with Crippen molar-refractivity contribution in [3.05, 3.63) is 88.7 Å². The number of carbonyl (C=O) groups excluding carboxylic acids is 4. The molecule has 8 bridgehead atoms. The van der Waals surface area contributed by atoms with E-state index in [4.69, 9.17) is 18.9 Å². The number of hydrogen-bond donors (Lipinski definition) is 4. The van der Waals surface area contributed by atoms with E-state index in [1.54, 1.807) is 27.7 Å². The Morgan fingerprint density at radius 2 is 0.679 bits per heavy atom. The third-order valence-electron chi connectivity index (χ3n) is 10.5. The maximum Gasteiger partial charge on any atom is 0.306 e. The molecule has 0 saturated heterocycles. The Balaban J connectivity index is 1.82. The lowest BCUT2D eigenvalue weighted by Crippen LogP contribution is -2.14. The van der Waals surface area contributed by atoms with Crippen LogP contribution < -0.4 is 21.4 Å². The fraction of sp³-hybridized carbons (Fsp3) is 0.455. The molecule has 0 spiro atoms. The molecule has 5 heterocycles. The van der Waals surface area contributed by atoms with Gasteiger partial charge in [-0.2, -0.15) is 0 Å². The van der Waals surface area contributed by atoms with Gasteiger partial charge in [0.15, 0.2) is 0 Å². The molecule has 300 valence electrons. The van der Waals surface area contributed by atoms with Crippen molar-refractivity contribution in [3.63, 3.8) is 0 Å². The zero-order valence-corrected chi connectivity index (χ0v) is 34.1. The van der Waals surface area contributed by atoms with Crippen LogP contribution in [-0.4, -0.2) is 70.2 Å². The Bertz CT molecular complexity index is 2190. The third kappa shape index (κ3) is 9.64. The van der Waals surface area contributed by atoms with E-state index in [2.05, 4.69) is 44.2 Å². The maximum atomic E-state index is 12.6. The summed E-state index contributed by atoms with van der Waals surface area (Å²) < 4.78 is 21.1. The van der Waals surface area contributed by atoms with Crippen LogP contribution in [0.2, 0.25) is 0 Å². The number of carbonyl (C=O) groups is 4. The Hall–Kier alpha value is -5.52. The summed E-state index contributed by atoms with van der Waals surface area (Å²) in [4.78, 5) is 64.9. The Labute approximate surface area is 327 Å². The average molecular weight is 769 g/mol. The first-order chi connectivity index (χ1) is 26.9. The molecule has 12 nitrogen and oxygen atoms in total. The van der Waals surface area contributed by atoms with Crippen molar-refractivity contribution >= 4 is 48.2 Å². The van der Waals surface area contributed by atoms with Crippen molar-refractivity contribution in [3.8, 4) is 0 Å². The largest absolute Gasteiger partial charge is 0.466 e. The highest BCUT2D eigenvalue weighted by Gasteiger charge is 2.19. The van der Waals surface area contributed by atoms with Crippen molar-refractivity contribution in [1.82, 2.24) is 19.9 Å². The molecule has 0 aliphatic carbocycles. The molecular formula is C44H56N4O8. The summed E-state index contributed by atoms with van der Waals surface area (Å²) >= 11 is 0. The molecule has 12 heteroatoms. The predicted molar refractivity (Wildman–Crippen MR) is 215 cm³/mol. The molecule has 5 rings (SSSR count). The van der Waals surface area contributed by atoms with E-state index in [1.165, 1.54) is 0 Å². The molecule has 0 unspecified atom stereocenters. The Kier molecular flexibility index (Phi) is 14.0. The molecule has 0 aromatic carbocycles. The lowest BCUT2D eigenvalue weighted by molar-refractivity contribution is -0.144. The SMILES string of the molecule is CCOC(=O)CCc1c2[nH]c(c1C)C=c1[nH]c(c(C)c1CCC(=O)OCC)=Cc1[nH]c(c(C)c1CCC(=O)OCC)C=c1[nH]c(c(C)c1CCC(=O)OCC)=C2. The highest BCUT2D eigenvalue weighted by atomic mass is 16.5. The van der Waals surface area contributed by atoms with E-state index in [9.17, 15) is 19.2 Å². The van der Waals surface area contributed by atoms with Crippen LogP contribution in [0.5, 0.6) is 0 Å². The van der Waals surface area contributed by atoms with Crippen LogP contribution in [0.1, 0.15) is 121 Å². The van der Waals surface area contributed by atoms with Crippen LogP contribution >= 0.6 is 0 Å².